The van der Waals surface area contributed by atoms with E-state index in [9.17, 15) is 4.79 Å². The Kier molecular flexibility index (Phi) is 3.80. The Labute approximate surface area is 126 Å². The average molecular weight is 341 g/mol. The Balaban J connectivity index is 1.73. The van der Waals surface area contributed by atoms with Gasteiger partial charge in [-0.3, -0.25) is 14.7 Å². The van der Waals surface area contributed by atoms with E-state index in [0.717, 1.165) is 32.1 Å². The molecule has 108 valence electrons. The van der Waals surface area contributed by atoms with Crippen LogP contribution in [-0.2, 0) is 0 Å². The topological polar surface area (TPSA) is 52.3 Å². The standard InChI is InChI=1S/C13H17BrN4O2/c1-16-6-8-17(9-7-16)13-15-4-5-18(13)12(19)10-2-3-11(14)20-10/h2-3H,4-9H2,1H3. The van der Waals surface area contributed by atoms with Gasteiger partial charge in [0.05, 0.1) is 6.54 Å². The summed E-state index contributed by atoms with van der Waals surface area (Å²) in [6.07, 6.45) is 0. The molecule has 7 heteroatoms. The van der Waals surface area contributed by atoms with Gasteiger partial charge in [0.25, 0.3) is 5.91 Å². The van der Waals surface area contributed by atoms with Gasteiger partial charge >= 0.3 is 0 Å². The van der Waals surface area contributed by atoms with Gasteiger partial charge in [0.1, 0.15) is 0 Å². The second kappa shape index (κ2) is 5.57. The van der Waals surface area contributed by atoms with Gasteiger partial charge in [-0.1, -0.05) is 0 Å². The first kappa shape index (κ1) is 13.6. The zero-order chi connectivity index (χ0) is 14.1. The maximum atomic E-state index is 12.5. The predicted octanol–water partition coefficient (Wildman–Crippen LogP) is 1.10. The SMILES string of the molecule is CN1CCN(C2=NCCN2C(=O)c2ccc(Br)o2)CC1. The molecule has 0 aromatic carbocycles. The summed E-state index contributed by atoms with van der Waals surface area (Å²) in [6.45, 7) is 5.08. The van der Waals surface area contributed by atoms with Gasteiger partial charge in [0.2, 0.25) is 5.96 Å². The van der Waals surface area contributed by atoms with E-state index in [2.05, 4.69) is 37.8 Å². The van der Waals surface area contributed by atoms with Gasteiger partial charge in [-0.05, 0) is 35.1 Å². The van der Waals surface area contributed by atoms with Crippen LogP contribution in [0.4, 0.5) is 0 Å². The first-order chi connectivity index (χ1) is 9.65. The lowest BCUT2D eigenvalue weighted by Crippen LogP contribution is -2.52. The van der Waals surface area contributed by atoms with Crippen LogP contribution in [0.15, 0.2) is 26.2 Å². The third kappa shape index (κ3) is 2.60. The lowest BCUT2D eigenvalue weighted by Gasteiger charge is -2.35. The molecule has 3 rings (SSSR count). The Hall–Kier alpha value is -1.34. The maximum absolute atomic E-state index is 12.5. The molecule has 1 amide bonds. The lowest BCUT2D eigenvalue weighted by atomic mass is 10.3. The molecule has 1 fully saturated rings. The van der Waals surface area contributed by atoms with Crippen LogP contribution in [0.5, 0.6) is 0 Å². The van der Waals surface area contributed by atoms with Crippen molar-refractivity contribution in [3.8, 4) is 0 Å². The maximum Gasteiger partial charge on any atom is 0.296 e. The molecule has 1 aromatic rings. The van der Waals surface area contributed by atoms with Crippen molar-refractivity contribution in [2.24, 2.45) is 4.99 Å². The summed E-state index contributed by atoms with van der Waals surface area (Å²) in [6, 6.07) is 3.42. The molecular formula is C13H17BrN4O2. The fourth-order valence-electron chi connectivity index (χ4n) is 2.47. The highest BCUT2D eigenvalue weighted by molar-refractivity contribution is 9.10. The van der Waals surface area contributed by atoms with Gasteiger partial charge in [-0.2, -0.15) is 0 Å². The van der Waals surface area contributed by atoms with Crippen molar-refractivity contribution in [2.45, 2.75) is 0 Å². The van der Waals surface area contributed by atoms with Crippen molar-refractivity contribution in [3.05, 3.63) is 22.6 Å². The van der Waals surface area contributed by atoms with Crippen LogP contribution in [0, 0.1) is 0 Å². The van der Waals surface area contributed by atoms with Crippen LogP contribution in [-0.4, -0.2) is 72.9 Å². The lowest BCUT2D eigenvalue weighted by molar-refractivity contribution is 0.0805. The average Bonchev–Trinajstić information content (AvgIpc) is 3.07. The Morgan fingerprint density at radius 2 is 2.00 bits per heavy atom. The summed E-state index contributed by atoms with van der Waals surface area (Å²) in [7, 11) is 2.11. The molecular weight excluding hydrogens is 324 g/mol. The molecule has 3 heterocycles. The minimum Gasteiger partial charge on any atom is -0.444 e. The zero-order valence-electron chi connectivity index (χ0n) is 11.4. The first-order valence-electron chi connectivity index (χ1n) is 6.70. The number of carbonyl (C=O) groups is 1. The van der Waals surface area contributed by atoms with Gasteiger partial charge in [-0.15, -0.1) is 0 Å². The van der Waals surface area contributed by atoms with Crippen LogP contribution in [0.2, 0.25) is 0 Å². The minimum atomic E-state index is -0.120. The summed E-state index contributed by atoms with van der Waals surface area (Å²) in [5.41, 5.74) is 0. The molecule has 0 atom stereocenters. The smallest absolute Gasteiger partial charge is 0.296 e. The molecule has 0 N–H and O–H groups in total. The van der Waals surface area contributed by atoms with Crippen LogP contribution < -0.4 is 0 Å². The number of hydrogen-bond donors (Lipinski definition) is 0. The largest absolute Gasteiger partial charge is 0.444 e. The molecule has 0 radical (unpaired) electrons. The van der Waals surface area contributed by atoms with E-state index in [1.54, 1.807) is 17.0 Å². The summed E-state index contributed by atoms with van der Waals surface area (Å²) >= 11 is 3.22. The molecule has 1 aromatic heterocycles. The number of piperazine rings is 1. The molecule has 20 heavy (non-hydrogen) atoms. The number of furan rings is 1. The Morgan fingerprint density at radius 1 is 1.25 bits per heavy atom. The Morgan fingerprint density at radius 3 is 2.65 bits per heavy atom. The monoisotopic (exact) mass is 340 g/mol. The Bertz CT molecular complexity index is 534. The van der Waals surface area contributed by atoms with Crippen molar-refractivity contribution < 1.29 is 9.21 Å². The number of guanidine groups is 1. The van der Waals surface area contributed by atoms with Crippen LogP contribution in [0.25, 0.3) is 0 Å². The highest BCUT2D eigenvalue weighted by atomic mass is 79.9. The molecule has 0 bridgehead atoms. The number of amides is 1. The summed E-state index contributed by atoms with van der Waals surface area (Å²) in [5.74, 6) is 1.02. The second-order valence-corrected chi connectivity index (χ2v) is 5.81. The highest BCUT2D eigenvalue weighted by Gasteiger charge is 2.31. The van der Waals surface area contributed by atoms with Crippen molar-refractivity contribution in [2.75, 3.05) is 46.3 Å². The van der Waals surface area contributed by atoms with E-state index in [1.165, 1.54) is 0 Å². The molecule has 0 aliphatic carbocycles. The van der Waals surface area contributed by atoms with E-state index in [-0.39, 0.29) is 5.91 Å². The van der Waals surface area contributed by atoms with Gasteiger partial charge < -0.3 is 14.2 Å². The van der Waals surface area contributed by atoms with Crippen LogP contribution in [0.1, 0.15) is 10.6 Å². The number of rotatable bonds is 1. The summed E-state index contributed by atoms with van der Waals surface area (Å²) in [5, 5.41) is 0. The number of hydrogen-bond acceptors (Lipinski definition) is 5. The number of halogens is 1. The van der Waals surface area contributed by atoms with Gasteiger partial charge in [0.15, 0.2) is 10.4 Å². The minimum absolute atomic E-state index is 0.120. The summed E-state index contributed by atoms with van der Waals surface area (Å²) in [4.78, 5) is 23.1. The first-order valence-corrected chi connectivity index (χ1v) is 7.49. The fraction of sp³-hybridized carbons (Fsp3) is 0.538. The molecule has 6 nitrogen and oxygen atoms in total. The normalized spacial score (nSPS) is 20.4. The molecule has 1 saturated heterocycles. The van der Waals surface area contributed by atoms with E-state index in [4.69, 9.17) is 4.42 Å². The number of aliphatic imine (C=N–C) groups is 1. The molecule has 0 unspecified atom stereocenters. The molecule has 2 aliphatic heterocycles. The van der Waals surface area contributed by atoms with Crippen LogP contribution in [0.3, 0.4) is 0 Å². The van der Waals surface area contributed by atoms with Crippen molar-refractivity contribution in [3.63, 3.8) is 0 Å². The zero-order valence-corrected chi connectivity index (χ0v) is 13.0. The van der Waals surface area contributed by atoms with E-state index < -0.39 is 0 Å². The van der Waals surface area contributed by atoms with Crippen molar-refractivity contribution in [1.29, 1.82) is 0 Å². The number of likely N-dealkylation sites (N-methyl/N-ethyl adjacent to an activating group) is 1. The van der Waals surface area contributed by atoms with E-state index in [0.29, 0.717) is 23.5 Å². The third-order valence-electron chi connectivity index (χ3n) is 3.63. The summed E-state index contributed by atoms with van der Waals surface area (Å²) < 4.78 is 5.92. The number of carbonyl (C=O) groups excluding carboxylic acids is 1. The van der Waals surface area contributed by atoms with Crippen molar-refractivity contribution >= 4 is 27.8 Å². The molecule has 0 spiro atoms. The third-order valence-corrected chi connectivity index (χ3v) is 4.06. The predicted molar refractivity (Wildman–Crippen MR) is 78.8 cm³/mol. The molecule has 0 saturated carbocycles. The number of nitrogens with zero attached hydrogens (tertiary/aromatic N) is 4. The van der Waals surface area contributed by atoms with Gasteiger partial charge in [0, 0.05) is 32.7 Å². The van der Waals surface area contributed by atoms with E-state index >= 15 is 0 Å². The quantitative estimate of drug-likeness (QED) is 0.768. The van der Waals surface area contributed by atoms with Gasteiger partial charge in [-0.25, -0.2) is 0 Å². The highest BCUT2D eigenvalue weighted by Crippen LogP contribution is 2.18. The second-order valence-electron chi connectivity index (χ2n) is 5.03. The molecule has 2 aliphatic rings. The van der Waals surface area contributed by atoms with Crippen molar-refractivity contribution in [1.82, 2.24) is 14.7 Å². The fourth-order valence-corrected chi connectivity index (χ4v) is 2.77. The van der Waals surface area contributed by atoms with Crippen LogP contribution >= 0.6 is 15.9 Å². The van der Waals surface area contributed by atoms with E-state index in [1.807, 2.05) is 0 Å².